The molecule has 3 aromatic rings. The van der Waals surface area contributed by atoms with Gasteiger partial charge in [0.2, 0.25) is 5.91 Å². The number of fused-ring (bicyclic) bond motifs is 1. The average Bonchev–Trinajstić information content (AvgIpc) is 3.26. The van der Waals surface area contributed by atoms with Crippen LogP contribution in [0.25, 0.3) is 0 Å². The standard InChI is InChI=1S/C29H33N3O3S3/c1-4-23(26(33)32-27-25(28(34)35-5-2)22-11-6-7-12-24(22)38-27)37-21-10-8-9-20(17-21)31-29(36)30-19-15-13-18(3)14-16-19/h8-10,13-17,23H,4-7,11-12H2,1-3H3,(H,32,33)(H2,30,31,36). The minimum absolute atomic E-state index is 0.114. The molecule has 6 nitrogen and oxygen atoms in total. The van der Waals surface area contributed by atoms with Crippen LogP contribution in [-0.2, 0) is 22.4 Å². The molecule has 38 heavy (non-hydrogen) atoms. The van der Waals surface area contributed by atoms with Gasteiger partial charge in [-0.25, -0.2) is 4.79 Å². The van der Waals surface area contributed by atoms with E-state index in [2.05, 4.69) is 16.0 Å². The van der Waals surface area contributed by atoms with E-state index >= 15 is 0 Å². The molecule has 1 unspecified atom stereocenters. The molecule has 4 rings (SSSR count). The molecule has 9 heteroatoms. The van der Waals surface area contributed by atoms with E-state index in [1.165, 1.54) is 33.5 Å². The van der Waals surface area contributed by atoms with Crippen molar-refractivity contribution in [1.82, 2.24) is 0 Å². The number of rotatable bonds is 9. The number of anilines is 3. The molecule has 0 aliphatic heterocycles. The first-order chi connectivity index (χ1) is 18.4. The highest BCUT2D eigenvalue weighted by molar-refractivity contribution is 8.00. The van der Waals surface area contributed by atoms with Crippen molar-refractivity contribution in [3.63, 3.8) is 0 Å². The van der Waals surface area contributed by atoms with Gasteiger partial charge in [0.05, 0.1) is 17.4 Å². The summed E-state index contributed by atoms with van der Waals surface area (Å²) in [5, 5.41) is 10.3. The van der Waals surface area contributed by atoms with Crippen LogP contribution in [0.3, 0.4) is 0 Å². The first-order valence-electron chi connectivity index (χ1n) is 12.9. The summed E-state index contributed by atoms with van der Waals surface area (Å²) >= 11 is 8.49. The maximum Gasteiger partial charge on any atom is 0.341 e. The van der Waals surface area contributed by atoms with Gasteiger partial charge >= 0.3 is 5.97 Å². The third-order valence-electron chi connectivity index (χ3n) is 6.23. The quantitative estimate of drug-likeness (QED) is 0.141. The zero-order valence-electron chi connectivity index (χ0n) is 21.9. The van der Waals surface area contributed by atoms with Crippen LogP contribution in [0.5, 0.6) is 0 Å². The van der Waals surface area contributed by atoms with Gasteiger partial charge in [-0.3, -0.25) is 4.79 Å². The van der Waals surface area contributed by atoms with Gasteiger partial charge in [0.1, 0.15) is 5.00 Å². The Morgan fingerprint density at radius 1 is 1.03 bits per heavy atom. The number of benzene rings is 2. The van der Waals surface area contributed by atoms with Crippen molar-refractivity contribution in [3.05, 3.63) is 70.1 Å². The number of hydrogen-bond acceptors (Lipinski definition) is 6. The van der Waals surface area contributed by atoms with Crippen molar-refractivity contribution in [2.75, 3.05) is 22.6 Å². The van der Waals surface area contributed by atoms with Crippen LogP contribution < -0.4 is 16.0 Å². The Kier molecular flexibility index (Phi) is 9.82. The summed E-state index contributed by atoms with van der Waals surface area (Å²) in [6, 6.07) is 15.9. The summed E-state index contributed by atoms with van der Waals surface area (Å²) in [7, 11) is 0. The van der Waals surface area contributed by atoms with E-state index in [1.54, 1.807) is 6.92 Å². The van der Waals surface area contributed by atoms with Gasteiger partial charge in [-0.15, -0.1) is 23.1 Å². The third-order valence-corrected chi connectivity index (χ3v) is 9.00. The molecule has 0 saturated carbocycles. The van der Waals surface area contributed by atoms with Gasteiger partial charge in [0.15, 0.2) is 5.11 Å². The highest BCUT2D eigenvalue weighted by Gasteiger charge is 2.29. The molecule has 1 amide bonds. The molecule has 0 fully saturated rings. The first kappa shape index (κ1) is 28.1. The molecule has 1 aliphatic rings. The molecule has 0 saturated heterocycles. The maximum atomic E-state index is 13.4. The maximum absolute atomic E-state index is 13.4. The number of hydrogen-bond donors (Lipinski definition) is 3. The van der Waals surface area contributed by atoms with Gasteiger partial charge in [0, 0.05) is 21.1 Å². The van der Waals surface area contributed by atoms with E-state index in [9.17, 15) is 9.59 Å². The minimum atomic E-state index is -0.350. The van der Waals surface area contributed by atoms with E-state index in [4.69, 9.17) is 17.0 Å². The number of thiophene rings is 1. The largest absolute Gasteiger partial charge is 0.462 e. The molecule has 2 aromatic carbocycles. The normalized spacial score (nSPS) is 13.2. The zero-order chi connectivity index (χ0) is 27.1. The van der Waals surface area contributed by atoms with E-state index in [-0.39, 0.29) is 17.1 Å². The Labute approximate surface area is 237 Å². The van der Waals surface area contributed by atoms with Gasteiger partial charge in [-0.05, 0) is 94.1 Å². The molecule has 1 aliphatic carbocycles. The SMILES string of the molecule is CCOC(=O)c1c(NC(=O)C(CC)Sc2cccc(NC(=S)Nc3ccc(C)cc3)c2)sc2c1CCCC2. The summed E-state index contributed by atoms with van der Waals surface area (Å²) < 4.78 is 5.33. The van der Waals surface area contributed by atoms with Crippen molar-refractivity contribution in [3.8, 4) is 0 Å². The van der Waals surface area contributed by atoms with E-state index in [0.717, 1.165) is 47.5 Å². The lowest BCUT2D eigenvalue weighted by molar-refractivity contribution is -0.115. The predicted molar refractivity (Wildman–Crippen MR) is 163 cm³/mol. The van der Waals surface area contributed by atoms with Gasteiger partial charge < -0.3 is 20.7 Å². The molecule has 1 atom stereocenters. The fraction of sp³-hybridized carbons (Fsp3) is 0.345. The first-order valence-corrected chi connectivity index (χ1v) is 15.0. The predicted octanol–water partition coefficient (Wildman–Crippen LogP) is 7.43. The second-order valence-electron chi connectivity index (χ2n) is 9.11. The Bertz CT molecular complexity index is 1300. The number of aryl methyl sites for hydroxylation is 2. The molecule has 0 bridgehead atoms. The summed E-state index contributed by atoms with van der Waals surface area (Å²) in [6.07, 6.45) is 4.58. The number of esters is 1. The number of nitrogens with one attached hydrogen (secondary N) is 3. The highest BCUT2D eigenvalue weighted by Crippen LogP contribution is 2.39. The van der Waals surface area contributed by atoms with Crippen molar-refractivity contribution in [1.29, 1.82) is 0 Å². The van der Waals surface area contributed by atoms with Gasteiger partial charge in [-0.1, -0.05) is 30.7 Å². The Morgan fingerprint density at radius 3 is 2.50 bits per heavy atom. The van der Waals surface area contributed by atoms with Crippen LogP contribution in [-0.4, -0.2) is 28.8 Å². The molecule has 200 valence electrons. The average molecular weight is 568 g/mol. The molecule has 3 N–H and O–H groups in total. The number of thiocarbonyl (C=S) groups is 1. The minimum Gasteiger partial charge on any atom is -0.462 e. The van der Waals surface area contributed by atoms with Crippen LogP contribution in [0.4, 0.5) is 16.4 Å². The molecule has 0 spiro atoms. The summed E-state index contributed by atoms with van der Waals surface area (Å²) in [5.74, 6) is -0.464. The lowest BCUT2D eigenvalue weighted by Crippen LogP contribution is -2.25. The van der Waals surface area contributed by atoms with Crippen molar-refractivity contribution < 1.29 is 14.3 Å². The monoisotopic (exact) mass is 567 g/mol. The van der Waals surface area contributed by atoms with Crippen molar-refractivity contribution in [2.24, 2.45) is 0 Å². The molecular weight excluding hydrogens is 535 g/mol. The Balaban J connectivity index is 1.43. The van der Waals surface area contributed by atoms with E-state index in [1.807, 2.05) is 62.4 Å². The fourth-order valence-electron chi connectivity index (χ4n) is 4.33. The lowest BCUT2D eigenvalue weighted by atomic mass is 9.95. The molecule has 1 heterocycles. The topological polar surface area (TPSA) is 79.5 Å². The van der Waals surface area contributed by atoms with E-state index < -0.39 is 0 Å². The second kappa shape index (κ2) is 13.3. The van der Waals surface area contributed by atoms with Crippen LogP contribution in [0.2, 0.25) is 0 Å². The van der Waals surface area contributed by atoms with Crippen LogP contribution >= 0.6 is 35.3 Å². The van der Waals surface area contributed by atoms with Crippen LogP contribution in [0, 0.1) is 6.92 Å². The second-order valence-corrected chi connectivity index (χ2v) is 11.9. The third kappa shape index (κ3) is 7.15. The zero-order valence-corrected chi connectivity index (χ0v) is 24.3. The Morgan fingerprint density at radius 2 is 1.76 bits per heavy atom. The van der Waals surface area contributed by atoms with Crippen LogP contribution in [0.1, 0.15) is 59.5 Å². The molecule has 0 radical (unpaired) electrons. The highest BCUT2D eigenvalue weighted by atomic mass is 32.2. The number of thioether (sulfide) groups is 1. The molecule has 1 aromatic heterocycles. The fourth-order valence-corrected chi connectivity index (χ4v) is 6.86. The Hall–Kier alpha value is -2.88. The van der Waals surface area contributed by atoms with Gasteiger partial charge in [0.25, 0.3) is 0 Å². The number of carbonyl (C=O) groups excluding carboxylic acids is 2. The van der Waals surface area contributed by atoms with Crippen molar-refractivity contribution >= 4 is 68.7 Å². The summed E-state index contributed by atoms with van der Waals surface area (Å²) in [5.41, 5.74) is 4.53. The van der Waals surface area contributed by atoms with E-state index in [0.29, 0.717) is 28.7 Å². The van der Waals surface area contributed by atoms with Crippen LogP contribution in [0.15, 0.2) is 53.4 Å². The van der Waals surface area contributed by atoms with Crippen molar-refractivity contribution in [2.45, 2.75) is 63.0 Å². The summed E-state index contributed by atoms with van der Waals surface area (Å²) in [4.78, 5) is 28.3. The lowest BCUT2D eigenvalue weighted by Gasteiger charge is -2.16. The summed E-state index contributed by atoms with van der Waals surface area (Å²) in [6.45, 7) is 6.14. The number of ether oxygens (including phenoxy) is 1. The van der Waals surface area contributed by atoms with Gasteiger partial charge in [-0.2, -0.15) is 0 Å². The number of amides is 1. The molecular formula is C29H33N3O3S3. The number of carbonyl (C=O) groups is 2. The smallest absolute Gasteiger partial charge is 0.341 e.